The van der Waals surface area contributed by atoms with Gasteiger partial charge in [0, 0.05) is 18.9 Å². The first-order valence-corrected chi connectivity index (χ1v) is 9.21. The lowest BCUT2D eigenvalue weighted by atomic mass is 10.2. The van der Waals surface area contributed by atoms with Crippen molar-refractivity contribution in [2.75, 3.05) is 11.9 Å². The Hall–Kier alpha value is -2.81. The Labute approximate surface area is 154 Å². The number of aryl methyl sites for hydroxylation is 2. The van der Waals surface area contributed by atoms with E-state index in [0.717, 1.165) is 27.0 Å². The van der Waals surface area contributed by atoms with Gasteiger partial charge in [-0.15, -0.1) is 11.3 Å². The second-order valence-corrected chi connectivity index (χ2v) is 7.35. The van der Waals surface area contributed by atoms with Crippen molar-refractivity contribution < 1.29 is 4.79 Å². The van der Waals surface area contributed by atoms with Gasteiger partial charge in [0.1, 0.15) is 4.88 Å². The summed E-state index contributed by atoms with van der Waals surface area (Å²) < 4.78 is 1.97. The summed E-state index contributed by atoms with van der Waals surface area (Å²) in [6, 6.07) is 3.80. The van der Waals surface area contributed by atoms with Crippen LogP contribution in [0.4, 0.5) is 5.95 Å². The number of anilines is 1. The van der Waals surface area contributed by atoms with Crippen LogP contribution in [-0.2, 0) is 19.6 Å². The third kappa shape index (κ3) is 3.30. The molecule has 4 rings (SSSR count). The molecule has 4 heterocycles. The zero-order chi connectivity index (χ0) is 18.1. The molecule has 3 aromatic heterocycles. The molecule has 0 fully saturated rings. The SMILES string of the molecule is Cc1nc(C)c(C(=O)N2CCn3nc(CNc4ncccn4)cc3C2)s1. The summed E-state index contributed by atoms with van der Waals surface area (Å²) in [4.78, 5) is 28.0. The van der Waals surface area contributed by atoms with Gasteiger partial charge in [0.2, 0.25) is 5.95 Å². The van der Waals surface area contributed by atoms with E-state index in [9.17, 15) is 4.79 Å². The summed E-state index contributed by atoms with van der Waals surface area (Å²) in [7, 11) is 0. The first kappa shape index (κ1) is 16.6. The standard InChI is InChI=1S/C17H19N7OS/c1-11-15(26-12(2)21-11)16(25)23-6-7-24-14(10-23)8-13(22-24)9-20-17-18-4-3-5-19-17/h3-5,8H,6-7,9-10H2,1-2H3,(H,18,19,20). The van der Waals surface area contributed by atoms with Gasteiger partial charge in [-0.2, -0.15) is 5.10 Å². The maximum absolute atomic E-state index is 12.8. The number of nitrogens with zero attached hydrogens (tertiary/aromatic N) is 6. The van der Waals surface area contributed by atoms with Gasteiger partial charge in [-0.05, 0) is 26.0 Å². The summed E-state index contributed by atoms with van der Waals surface area (Å²) in [6.07, 6.45) is 3.39. The maximum atomic E-state index is 12.8. The summed E-state index contributed by atoms with van der Waals surface area (Å²) >= 11 is 1.46. The molecule has 1 amide bonds. The highest BCUT2D eigenvalue weighted by molar-refractivity contribution is 7.13. The van der Waals surface area contributed by atoms with Crippen LogP contribution in [0.5, 0.6) is 0 Å². The number of rotatable bonds is 4. The van der Waals surface area contributed by atoms with E-state index in [1.807, 2.05) is 29.5 Å². The van der Waals surface area contributed by atoms with E-state index >= 15 is 0 Å². The molecule has 0 spiro atoms. The molecule has 134 valence electrons. The first-order valence-electron chi connectivity index (χ1n) is 8.40. The van der Waals surface area contributed by atoms with Crippen molar-refractivity contribution in [3.05, 3.63) is 51.5 Å². The molecular weight excluding hydrogens is 350 g/mol. The highest BCUT2D eigenvalue weighted by Crippen LogP contribution is 2.22. The molecule has 26 heavy (non-hydrogen) atoms. The third-order valence-corrected chi connectivity index (χ3v) is 5.29. The summed E-state index contributed by atoms with van der Waals surface area (Å²) in [5.74, 6) is 0.629. The van der Waals surface area contributed by atoms with Crippen LogP contribution in [-0.4, -0.2) is 42.1 Å². The summed E-state index contributed by atoms with van der Waals surface area (Å²) in [5.41, 5.74) is 2.75. The van der Waals surface area contributed by atoms with E-state index in [1.54, 1.807) is 18.5 Å². The van der Waals surface area contributed by atoms with Crippen LogP contribution < -0.4 is 5.32 Å². The van der Waals surface area contributed by atoms with Crippen molar-refractivity contribution in [2.45, 2.75) is 33.5 Å². The minimum atomic E-state index is 0.0536. The number of hydrogen-bond donors (Lipinski definition) is 1. The Morgan fingerprint density at radius 3 is 2.81 bits per heavy atom. The number of fused-ring (bicyclic) bond motifs is 1. The Balaban J connectivity index is 1.45. The highest BCUT2D eigenvalue weighted by atomic mass is 32.1. The van der Waals surface area contributed by atoms with E-state index in [2.05, 4.69) is 25.4 Å². The van der Waals surface area contributed by atoms with Gasteiger partial charge >= 0.3 is 0 Å². The number of nitrogens with one attached hydrogen (secondary N) is 1. The van der Waals surface area contributed by atoms with Crippen molar-refractivity contribution in [3.8, 4) is 0 Å². The molecule has 8 nitrogen and oxygen atoms in total. The highest BCUT2D eigenvalue weighted by Gasteiger charge is 2.25. The van der Waals surface area contributed by atoms with E-state index < -0.39 is 0 Å². The van der Waals surface area contributed by atoms with Crippen molar-refractivity contribution in [1.29, 1.82) is 0 Å². The van der Waals surface area contributed by atoms with Gasteiger partial charge in [-0.25, -0.2) is 15.0 Å². The fourth-order valence-electron chi connectivity index (χ4n) is 3.02. The Morgan fingerprint density at radius 1 is 1.27 bits per heavy atom. The van der Waals surface area contributed by atoms with Gasteiger partial charge in [-0.1, -0.05) is 0 Å². The molecule has 3 aromatic rings. The van der Waals surface area contributed by atoms with Gasteiger partial charge in [0.25, 0.3) is 5.91 Å². The lowest BCUT2D eigenvalue weighted by molar-refractivity contribution is 0.0710. The second-order valence-electron chi connectivity index (χ2n) is 6.15. The summed E-state index contributed by atoms with van der Waals surface area (Å²) in [6.45, 7) is 6.27. The molecule has 0 saturated carbocycles. The molecule has 0 saturated heterocycles. The van der Waals surface area contributed by atoms with Crippen molar-refractivity contribution in [2.24, 2.45) is 0 Å². The van der Waals surface area contributed by atoms with Crippen LogP contribution in [0, 0.1) is 13.8 Å². The van der Waals surface area contributed by atoms with Crippen LogP contribution in [0.2, 0.25) is 0 Å². The fourth-order valence-corrected chi connectivity index (χ4v) is 3.91. The largest absolute Gasteiger partial charge is 0.348 e. The first-order chi connectivity index (χ1) is 12.6. The van der Waals surface area contributed by atoms with Crippen LogP contribution in [0.3, 0.4) is 0 Å². The summed E-state index contributed by atoms with van der Waals surface area (Å²) in [5, 5.41) is 8.68. The maximum Gasteiger partial charge on any atom is 0.266 e. The number of aromatic nitrogens is 5. The quantitative estimate of drug-likeness (QED) is 0.757. The van der Waals surface area contributed by atoms with E-state index in [0.29, 0.717) is 32.1 Å². The fraction of sp³-hybridized carbons (Fsp3) is 0.353. The number of hydrogen-bond acceptors (Lipinski definition) is 7. The van der Waals surface area contributed by atoms with Crippen LogP contribution in [0.15, 0.2) is 24.5 Å². The Morgan fingerprint density at radius 2 is 2.08 bits per heavy atom. The van der Waals surface area contributed by atoms with Crippen LogP contribution in [0.1, 0.15) is 31.8 Å². The third-order valence-electron chi connectivity index (χ3n) is 4.23. The second kappa shape index (κ2) is 6.83. The van der Waals surface area contributed by atoms with Crippen molar-refractivity contribution in [3.63, 3.8) is 0 Å². The number of thiazole rings is 1. The average molecular weight is 369 g/mol. The molecule has 0 atom stereocenters. The molecule has 0 unspecified atom stereocenters. The molecule has 0 aliphatic carbocycles. The van der Waals surface area contributed by atoms with Crippen molar-refractivity contribution >= 4 is 23.2 Å². The molecular formula is C17H19N7OS. The van der Waals surface area contributed by atoms with Crippen molar-refractivity contribution in [1.82, 2.24) is 29.6 Å². The van der Waals surface area contributed by atoms with Gasteiger partial charge in [0.05, 0.1) is 41.7 Å². The zero-order valence-electron chi connectivity index (χ0n) is 14.6. The lowest BCUT2D eigenvalue weighted by Crippen LogP contribution is -2.38. The number of carbonyl (C=O) groups excluding carboxylic acids is 1. The van der Waals surface area contributed by atoms with Crippen LogP contribution >= 0.6 is 11.3 Å². The van der Waals surface area contributed by atoms with E-state index in [1.165, 1.54) is 11.3 Å². The predicted octanol–water partition coefficient (Wildman–Crippen LogP) is 2.01. The van der Waals surface area contributed by atoms with E-state index in [4.69, 9.17) is 0 Å². The normalized spacial score (nSPS) is 13.5. The van der Waals surface area contributed by atoms with E-state index in [-0.39, 0.29) is 5.91 Å². The molecule has 0 bridgehead atoms. The Bertz CT molecular complexity index is 934. The topological polar surface area (TPSA) is 88.8 Å². The average Bonchev–Trinajstić information content (AvgIpc) is 3.21. The lowest BCUT2D eigenvalue weighted by Gasteiger charge is -2.27. The Kier molecular flexibility index (Phi) is 4.37. The number of amides is 1. The molecule has 0 aromatic carbocycles. The smallest absolute Gasteiger partial charge is 0.266 e. The van der Waals surface area contributed by atoms with Crippen LogP contribution in [0.25, 0.3) is 0 Å². The van der Waals surface area contributed by atoms with Gasteiger partial charge in [-0.3, -0.25) is 9.48 Å². The number of carbonyl (C=O) groups is 1. The minimum Gasteiger partial charge on any atom is -0.348 e. The molecule has 1 N–H and O–H groups in total. The molecule has 1 aliphatic rings. The molecule has 1 aliphatic heterocycles. The van der Waals surface area contributed by atoms with Gasteiger partial charge in [0.15, 0.2) is 0 Å². The molecule has 9 heteroatoms. The monoisotopic (exact) mass is 369 g/mol. The predicted molar refractivity (Wildman–Crippen MR) is 97.9 cm³/mol. The van der Waals surface area contributed by atoms with Gasteiger partial charge < -0.3 is 10.2 Å². The zero-order valence-corrected chi connectivity index (χ0v) is 15.5. The molecule has 0 radical (unpaired) electrons. The minimum absolute atomic E-state index is 0.0536.